The fraction of sp³-hybridized carbons (Fsp3) is 0.273. The summed E-state index contributed by atoms with van der Waals surface area (Å²) in [7, 11) is 0. The molecule has 11 heteroatoms. The molecule has 9 nitrogen and oxygen atoms in total. The molecule has 1 fully saturated rings. The van der Waals surface area contributed by atoms with Crippen molar-refractivity contribution in [1.29, 1.82) is 0 Å². The van der Waals surface area contributed by atoms with E-state index in [1.54, 1.807) is 42.2 Å². The number of fused-ring (bicyclic) bond motifs is 1. The second kappa shape index (κ2) is 7.93. The highest BCUT2D eigenvalue weighted by molar-refractivity contribution is 6.34. The van der Waals surface area contributed by atoms with E-state index in [9.17, 15) is 4.79 Å². The Kier molecular flexibility index (Phi) is 5.18. The first-order valence-electron chi connectivity index (χ1n) is 10.3. The van der Waals surface area contributed by atoms with E-state index in [2.05, 4.69) is 25.5 Å². The molecule has 2 aromatic heterocycles. The van der Waals surface area contributed by atoms with E-state index >= 15 is 0 Å². The molecule has 1 atom stereocenters. The zero-order valence-electron chi connectivity index (χ0n) is 18.0. The summed E-state index contributed by atoms with van der Waals surface area (Å²) in [6.45, 7) is 5.06. The van der Waals surface area contributed by atoms with Gasteiger partial charge in [-0.05, 0) is 50.6 Å². The van der Waals surface area contributed by atoms with Crippen molar-refractivity contribution in [1.82, 2.24) is 25.2 Å². The molecule has 1 aliphatic heterocycles. The number of hydrogen-bond donors (Lipinski definition) is 2. The van der Waals surface area contributed by atoms with Gasteiger partial charge in [-0.3, -0.25) is 4.79 Å². The van der Waals surface area contributed by atoms with Gasteiger partial charge >= 0.3 is 0 Å². The molecule has 170 valence electrons. The Hall–Kier alpha value is -3.30. The second-order valence-corrected chi connectivity index (χ2v) is 9.30. The minimum Gasteiger partial charge on any atom is -0.380 e. The smallest absolute Gasteiger partial charge is 0.253 e. The molecule has 0 saturated carbocycles. The SMILES string of the molecule is Cc1ncn(-c2ccc(C(=O)NC3(C)CCN(c4cc(Cl)cc5c(N)noc45)C3)c(Cl)c2)n1. The maximum atomic E-state index is 13.1. The van der Waals surface area contributed by atoms with Crippen molar-refractivity contribution in [2.45, 2.75) is 25.8 Å². The number of aryl methyl sites for hydroxylation is 1. The number of nitrogens with two attached hydrogens (primary N) is 1. The number of anilines is 2. The number of carbonyl (C=O) groups excluding carboxylic acids is 1. The molecule has 2 aromatic carbocycles. The zero-order chi connectivity index (χ0) is 23.3. The van der Waals surface area contributed by atoms with E-state index in [1.165, 1.54) is 0 Å². The summed E-state index contributed by atoms with van der Waals surface area (Å²) in [5.74, 6) is 0.700. The van der Waals surface area contributed by atoms with Gasteiger partial charge in [-0.15, -0.1) is 0 Å². The Morgan fingerprint density at radius 1 is 1.27 bits per heavy atom. The minimum absolute atomic E-state index is 0.245. The Bertz CT molecular complexity index is 1380. The quantitative estimate of drug-likeness (QED) is 0.448. The highest BCUT2D eigenvalue weighted by Gasteiger charge is 2.37. The predicted molar refractivity (Wildman–Crippen MR) is 127 cm³/mol. The Balaban J connectivity index is 1.35. The molecule has 3 N–H and O–H groups in total. The summed E-state index contributed by atoms with van der Waals surface area (Å²) >= 11 is 12.7. The van der Waals surface area contributed by atoms with Crippen LogP contribution < -0.4 is 16.0 Å². The summed E-state index contributed by atoms with van der Waals surface area (Å²) in [5.41, 5.74) is 7.91. The molecule has 3 heterocycles. The van der Waals surface area contributed by atoms with Crippen molar-refractivity contribution in [3.8, 4) is 5.69 Å². The fourth-order valence-corrected chi connectivity index (χ4v) is 4.63. The number of nitrogens with one attached hydrogen (secondary N) is 1. The van der Waals surface area contributed by atoms with E-state index in [0.29, 0.717) is 51.3 Å². The molecule has 4 aromatic rings. The third kappa shape index (κ3) is 3.98. The van der Waals surface area contributed by atoms with E-state index in [0.717, 1.165) is 17.8 Å². The van der Waals surface area contributed by atoms with Gasteiger partial charge in [0.15, 0.2) is 11.4 Å². The second-order valence-electron chi connectivity index (χ2n) is 8.46. The van der Waals surface area contributed by atoms with Crippen molar-refractivity contribution in [3.63, 3.8) is 0 Å². The number of nitrogens with zero attached hydrogens (tertiary/aromatic N) is 5. The average Bonchev–Trinajstić information content (AvgIpc) is 3.47. The lowest BCUT2D eigenvalue weighted by atomic mass is 10.0. The van der Waals surface area contributed by atoms with Crippen LogP contribution in [-0.4, -0.2) is 44.5 Å². The fourth-order valence-electron chi connectivity index (χ4n) is 4.16. The van der Waals surface area contributed by atoms with Crippen LogP contribution in [0.1, 0.15) is 29.5 Å². The first-order chi connectivity index (χ1) is 15.7. The van der Waals surface area contributed by atoms with Gasteiger partial charge in [0.1, 0.15) is 12.2 Å². The van der Waals surface area contributed by atoms with Gasteiger partial charge in [-0.1, -0.05) is 28.4 Å². The molecule has 1 saturated heterocycles. The Morgan fingerprint density at radius 3 is 2.82 bits per heavy atom. The maximum absolute atomic E-state index is 13.1. The number of rotatable bonds is 4. The van der Waals surface area contributed by atoms with Gasteiger partial charge in [-0.2, -0.15) is 5.10 Å². The molecule has 33 heavy (non-hydrogen) atoms. The highest BCUT2D eigenvalue weighted by atomic mass is 35.5. The minimum atomic E-state index is -0.484. The zero-order valence-corrected chi connectivity index (χ0v) is 19.5. The summed E-state index contributed by atoms with van der Waals surface area (Å²) in [4.78, 5) is 19.3. The predicted octanol–water partition coefficient (Wildman–Crippen LogP) is 4.00. The topological polar surface area (TPSA) is 115 Å². The summed E-state index contributed by atoms with van der Waals surface area (Å²) < 4.78 is 7.05. The number of aromatic nitrogens is 4. The van der Waals surface area contributed by atoms with Crippen molar-refractivity contribution in [2.75, 3.05) is 23.7 Å². The van der Waals surface area contributed by atoms with E-state index in [1.807, 2.05) is 13.0 Å². The van der Waals surface area contributed by atoms with Gasteiger partial charge in [0.25, 0.3) is 5.91 Å². The number of amides is 1. The van der Waals surface area contributed by atoms with Crippen LogP contribution in [0.25, 0.3) is 16.7 Å². The van der Waals surface area contributed by atoms with Gasteiger partial charge in [0, 0.05) is 18.1 Å². The van der Waals surface area contributed by atoms with Crippen LogP contribution in [0.2, 0.25) is 10.0 Å². The van der Waals surface area contributed by atoms with Crippen molar-refractivity contribution >= 4 is 51.6 Å². The molecule has 1 aliphatic rings. The van der Waals surface area contributed by atoms with Gasteiger partial charge in [0.05, 0.1) is 32.9 Å². The first kappa shape index (κ1) is 21.5. The van der Waals surface area contributed by atoms with E-state index < -0.39 is 5.54 Å². The molecule has 0 radical (unpaired) electrons. The number of hydrogen-bond acceptors (Lipinski definition) is 7. The molecule has 0 bridgehead atoms. The highest BCUT2D eigenvalue weighted by Crippen LogP contribution is 2.37. The molecule has 0 aliphatic carbocycles. The van der Waals surface area contributed by atoms with Crippen LogP contribution in [-0.2, 0) is 0 Å². The lowest BCUT2D eigenvalue weighted by Gasteiger charge is -2.27. The van der Waals surface area contributed by atoms with Gasteiger partial charge in [0.2, 0.25) is 0 Å². The monoisotopic (exact) mass is 485 g/mol. The molecular formula is C22H21Cl2N7O2. The maximum Gasteiger partial charge on any atom is 0.253 e. The third-order valence-corrected chi connectivity index (χ3v) is 6.37. The lowest BCUT2D eigenvalue weighted by Crippen LogP contribution is -2.48. The Morgan fingerprint density at radius 2 is 2.09 bits per heavy atom. The van der Waals surface area contributed by atoms with Crippen molar-refractivity contribution < 1.29 is 9.32 Å². The Labute approximate surface area is 199 Å². The number of carbonyl (C=O) groups is 1. The normalized spacial score (nSPS) is 18.2. The summed E-state index contributed by atoms with van der Waals surface area (Å²) in [5, 5.41) is 12.8. The average molecular weight is 486 g/mol. The summed E-state index contributed by atoms with van der Waals surface area (Å²) in [6, 6.07) is 8.73. The van der Waals surface area contributed by atoms with Crippen LogP contribution in [0.15, 0.2) is 41.2 Å². The number of nitrogen functional groups attached to an aromatic ring is 1. The number of benzene rings is 2. The van der Waals surface area contributed by atoms with Crippen LogP contribution in [0, 0.1) is 6.92 Å². The van der Waals surface area contributed by atoms with Crippen molar-refractivity contribution in [3.05, 3.63) is 58.1 Å². The van der Waals surface area contributed by atoms with E-state index in [-0.39, 0.29) is 5.91 Å². The van der Waals surface area contributed by atoms with Crippen LogP contribution in [0.3, 0.4) is 0 Å². The van der Waals surface area contributed by atoms with E-state index in [4.69, 9.17) is 33.5 Å². The molecular weight excluding hydrogens is 465 g/mol. The molecule has 1 unspecified atom stereocenters. The van der Waals surface area contributed by atoms with Crippen molar-refractivity contribution in [2.24, 2.45) is 0 Å². The molecule has 1 amide bonds. The van der Waals surface area contributed by atoms with Crippen LogP contribution >= 0.6 is 23.2 Å². The van der Waals surface area contributed by atoms with Crippen LogP contribution in [0.4, 0.5) is 11.5 Å². The van der Waals surface area contributed by atoms with Gasteiger partial charge < -0.3 is 20.5 Å². The number of halogens is 2. The molecule has 0 spiro atoms. The first-order valence-corrected chi connectivity index (χ1v) is 11.1. The standard InChI is InChI=1S/C22H21Cl2N7O2/c1-12-26-11-31(28-12)14-3-4-15(17(24)9-14)21(32)27-22(2)5-6-30(10-22)18-8-13(23)7-16-19(18)33-29-20(16)25/h3-4,7-9,11H,5-6,10H2,1-2H3,(H2,25,29)(H,27,32). The lowest BCUT2D eigenvalue weighted by molar-refractivity contribution is 0.0914. The van der Waals surface area contributed by atoms with Crippen LogP contribution in [0.5, 0.6) is 0 Å². The largest absolute Gasteiger partial charge is 0.380 e. The summed E-state index contributed by atoms with van der Waals surface area (Å²) in [6.07, 6.45) is 2.33. The van der Waals surface area contributed by atoms with Gasteiger partial charge in [-0.25, -0.2) is 9.67 Å². The third-order valence-electron chi connectivity index (χ3n) is 5.84. The molecule has 5 rings (SSSR count).